The number of fused-ring (bicyclic) bond motifs is 1. The summed E-state index contributed by atoms with van der Waals surface area (Å²) >= 11 is 0. The average Bonchev–Trinajstić information content (AvgIpc) is 3.27. The lowest BCUT2D eigenvalue weighted by Gasteiger charge is -2.25. The first-order chi connectivity index (χ1) is 12.9. The molecule has 2 aromatic heterocycles. The molecule has 3 aromatic rings. The third kappa shape index (κ3) is 3.64. The van der Waals surface area contributed by atoms with Crippen molar-refractivity contribution in [3.63, 3.8) is 0 Å². The number of benzene rings is 1. The molecule has 2 heterocycles. The minimum Gasteiger partial charge on any atom is -0.472 e. The first-order valence-corrected chi connectivity index (χ1v) is 9.79. The van der Waals surface area contributed by atoms with E-state index in [-0.39, 0.29) is 11.4 Å². The highest BCUT2D eigenvalue weighted by Crippen LogP contribution is 2.36. The maximum absolute atomic E-state index is 12.6. The monoisotopic (exact) mass is 365 g/mol. The molecule has 142 valence electrons. The van der Waals surface area contributed by atoms with Gasteiger partial charge in [0.1, 0.15) is 12.1 Å². The number of furan rings is 1. The van der Waals surface area contributed by atoms with E-state index in [0.717, 1.165) is 22.4 Å². The largest absolute Gasteiger partial charge is 0.472 e. The quantitative estimate of drug-likeness (QED) is 0.682. The van der Waals surface area contributed by atoms with Gasteiger partial charge in [-0.3, -0.25) is 4.79 Å². The zero-order valence-corrected chi connectivity index (χ0v) is 16.3. The summed E-state index contributed by atoms with van der Waals surface area (Å²) in [5.74, 6) is 0.862. The molecule has 1 fully saturated rings. The molecule has 1 amide bonds. The molecule has 1 N–H and O–H groups in total. The van der Waals surface area contributed by atoms with Crippen molar-refractivity contribution in [3.05, 3.63) is 42.4 Å². The lowest BCUT2D eigenvalue weighted by Crippen LogP contribution is -2.40. The number of nitrogens with one attached hydrogen (secondary N) is 1. The fourth-order valence-corrected chi connectivity index (χ4v) is 3.96. The fourth-order valence-electron chi connectivity index (χ4n) is 3.96. The highest BCUT2D eigenvalue weighted by Gasteiger charge is 2.24. The maximum Gasteiger partial charge on any atom is 0.251 e. The van der Waals surface area contributed by atoms with Crippen molar-refractivity contribution in [2.75, 3.05) is 0 Å². The summed E-state index contributed by atoms with van der Waals surface area (Å²) in [5.41, 5.74) is 3.31. The minimum absolute atomic E-state index is 0.0681. The van der Waals surface area contributed by atoms with Gasteiger partial charge in [0.25, 0.3) is 5.91 Å². The van der Waals surface area contributed by atoms with Crippen LogP contribution in [-0.4, -0.2) is 21.0 Å². The van der Waals surface area contributed by atoms with Crippen molar-refractivity contribution >= 4 is 16.9 Å². The molecule has 0 bridgehead atoms. The van der Waals surface area contributed by atoms with E-state index in [9.17, 15) is 4.79 Å². The standard InChI is InChI=1S/C22H27N3O2/c1-22(2,3)24-21(26)15-9-10-19-18(13-15)23-20(16-11-12-27-14-16)25(19)17-7-5-4-6-8-17/h9-14,17H,4-8H2,1-3H3,(H,24,26). The van der Waals surface area contributed by atoms with Gasteiger partial charge in [-0.25, -0.2) is 4.98 Å². The van der Waals surface area contributed by atoms with Gasteiger partial charge < -0.3 is 14.3 Å². The number of hydrogen-bond donors (Lipinski definition) is 1. The van der Waals surface area contributed by atoms with Crippen molar-refractivity contribution in [2.24, 2.45) is 0 Å². The number of carbonyl (C=O) groups excluding carboxylic acids is 1. The molecule has 27 heavy (non-hydrogen) atoms. The molecule has 1 saturated carbocycles. The number of imidazole rings is 1. The number of carbonyl (C=O) groups is 1. The topological polar surface area (TPSA) is 60.1 Å². The smallest absolute Gasteiger partial charge is 0.251 e. The molecular weight excluding hydrogens is 338 g/mol. The fraction of sp³-hybridized carbons (Fsp3) is 0.455. The number of nitrogens with zero attached hydrogens (tertiary/aromatic N) is 2. The van der Waals surface area contributed by atoms with E-state index in [1.165, 1.54) is 32.1 Å². The van der Waals surface area contributed by atoms with Gasteiger partial charge in [-0.05, 0) is 57.9 Å². The SMILES string of the molecule is CC(C)(C)NC(=O)c1ccc2c(c1)nc(-c1ccoc1)n2C1CCCCC1. The molecule has 0 atom stereocenters. The van der Waals surface area contributed by atoms with Crippen LogP contribution in [0.4, 0.5) is 0 Å². The lowest BCUT2D eigenvalue weighted by atomic mass is 9.95. The Balaban J connectivity index is 1.80. The second kappa shape index (κ2) is 6.87. The zero-order chi connectivity index (χ0) is 19.0. The molecular formula is C22H27N3O2. The van der Waals surface area contributed by atoms with E-state index in [1.54, 1.807) is 12.5 Å². The predicted octanol–water partition coefficient (Wildman–Crippen LogP) is 5.33. The van der Waals surface area contributed by atoms with E-state index in [2.05, 4.69) is 9.88 Å². The second-order valence-corrected chi connectivity index (χ2v) is 8.52. The van der Waals surface area contributed by atoms with Crippen LogP contribution >= 0.6 is 0 Å². The molecule has 1 aliphatic carbocycles. The van der Waals surface area contributed by atoms with Crippen LogP contribution in [0.5, 0.6) is 0 Å². The number of rotatable bonds is 3. The Morgan fingerprint density at radius 1 is 1.19 bits per heavy atom. The van der Waals surface area contributed by atoms with E-state index in [1.807, 2.05) is 45.0 Å². The zero-order valence-electron chi connectivity index (χ0n) is 16.3. The third-order valence-corrected chi connectivity index (χ3v) is 5.16. The van der Waals surface area contributed by atoms with Gasteiger partial charge in [0.05, 0.1) is 22.9 Å². The summed E-state index contributed by atoms with van der Waals surface area (Å²) in [5, 5.41) is 3.02. The van der Waals surface area contributed by atoms with Crippen LogP contribution in [-0.2, 0) is 0 Å². The first kappa shape index (κ1) is 17.8. The van der Waals surface area contributed by atoms with E-state index in [0.29, 0.717) is 11.6 Å². The number of aromatic nitrogens is 2. The Bertz CT molecular complexity index is 942. The highest BCUT2D eigenvalue weighted by molar-refractivity contribution is 5.98. The Hall–Kier alpha value is -2.56. The Kier molecular flexibility index (Phi) is 4.54. The summed E-state index contributed by atoms with van der Waals surface area (Å²) in [6.07, 6.45) is 9.57. The van der Waals surface area contributed by atoms with Gasteiger partial charge in [0.15, 0.2) is 0 Å². The molecule has 5 nitrogen and oxygen atoms in total. The number of hydrogen-bond acceptors (Lipinski definition) is 3. The normalized spacial score (nSPS) is 16.0. The molecule has 0 aliphatic heterocycles. The molecule has 1 aliphatic rings. The van der Waals surface area contributed by atoms with Gasteiger partial charge in [-0.1, -0.05) is 19.3 Å². The van der Waals surface area contributed by atoms with Gasteiger partial charge in [-0.15, -0.1) is 0 Å². The summed E-state index contributed by atoms with van der Waals surface area (Å²) in [6.45, 7) is 5.95. The van der Waals surface area contributed by atoms with E-state index in [4.69, 9.17) is 9.40 Å². The van der Waals surface area contributed by atoms with Crippen LogP contribution in [0, 0.1) is 0 Å². The van der Waals surface area contributed by atoms with Crippen LogP contribution < -0.4 is 5.32 Å². The van der Waals surface area contributed by atoms with Gasteiger partial charge in [0.2, 0.25) is 0 Å². The average molecular weight is 365 g/mol. The molecule has 0 radical (unpaired) electrons. The molecule has 0 saturated heterocycles. The van der Waals surface area contributed by atoms with Crippen LogP contribution in [0.2, 0.25) is 0 Å². The van der Waals surface area contributed by atoms with Gasteiger partial charge in [0, 0.05) is 17.1 Å². The Labute approximate surface area is 159 Å². The van der Waals surface area contributed by atoms with Crippen LogP contribution in [0.3, 0.4) is 0 Å². The molecule has 5 heteroatoms. The summed E-state index contributed by atoms with van der Waals surface area (Å²) in [7, 11) is 0. The second-order valence-electron chi connectivity index (χ2n) is 8.52. The van der Waals surface area contributed by atoms with Crippen molar-refractivity contribution in [3.8, 4) is 11.4 Å². The van der Waals surface area contributed by atoms with Gasteiger partial charge in [-0.2, -0.15) is 0 Å². The van der Waals surface area contributed by atoms with E-state index < -0.39 is 0 Å². The van der Waals surface area contributed by atoms with Gasteiger partial charge >= 0.3 is 0 Å². The summed E-state index contributed by atoms with van der Waals surface area (Å²) in [6, 6.07) is 8.25. The lowest BCUT2D eigenvalue weighted by molar-refractivity contribution is 0.0919. The summed E-state index contributed by atoms with van der Waals surface area (Å²) < 4.78 is 7.66. The Morgan fingerprint density at radius 2 is 1.96 bits per heavy atom. The van der Waals surface area contributed by atoms with Crippen molar-refractivity contribution in [1.82, 2.24) is 14.9 Å². The molecule has 0 spiro atoms. The highest BCUT2D eigenvalue weighted by atomic mass is 16.3. The molecule has 1 aromatic carbocycles. The maximum atomic E-state index is 12.6. The van der Waals surface area contributed by atoms with Crippen molar-refractivity contribution in [2.45, 2.75) is 64.5 Å². The van der Waals surface area contributed by atoms with Crippen LogP contribution in [0.25, 0.3) is 22.4 Å². The molecule has 4 rings (SSSR count). The van der Waals surface area contributed by atoms with Crippen LogP contribution in [0.1, 0.15) is 69.3 Å². The van der Waals surface area contributed by atoms with E-state index >= 15 is 0 Å². The molecule has 0 unspecified atom stereocenters. The summed E-state index contributed by atoms with van der Waals surface area (Å²) in [4.78, 5) is 17.5. The predicted molar refractivity (Wildman–Crippen MR) is 107 cm³/mol. The number of amides is 1. The first-order valence-electron chi connectivity index (χ1n) is 9.79. The third-order valence-electron chi connectivity index (χ3n) is 5.16. The van der Waals surface area contributed by atoms with Crippen molar-refractivity contribution in [1.29, 1.82) is 0 Å². The Morgan fingerprint density at radius 3 is 2.63 bits per heavy atom. The van der Waals surface area contributed by atoms with Crippen molar-refractivity contribution < 1.29 is 9.21 Å². The minimum atomic E-state index is -0.268. The van der Waals surface area contributed by atoms with Crippen LogP contribution in [0.15, 0.2) is 41.2 Å².